The molecule has 0 saturated carbocycles. The summed E-state index contributed by atoms with van der Waals surface area (Å²) in [5.41, 5.74) is 3.50. The molecular weight excluding hydrogens is 520 g/mol. The second-order valence-corrected chi connectivity index (χ2v) is 11.4. The van der Waals surface area contributed by atoms with E-state index in [0.29, 0.717) is 51.5 Å². The van der Waals surface area contributed by atoms with Crippen molar-refractivity contribution in [2.75, 3.05) is 56.1 Å². The first kappa shape index (κ1) is 25.4. The molecule has 0 spiro atoms. The molecule has 0 bridgehead atoms. The minimum absolute atomic E-state index is 0.338. The summed E-state index contributed by atoms with van der Waals surface area (Å²) in [5.74, 6) is -0.0802. The summed E-state index contributed by atoms with van der Waals surface area (Å²) < 4.78 is 7.90. The molecule has 4 aromatic rings. The Labute approximate surface area is 236 Å². The van der Waals surface area contributed by atoms with Crippen LogP contribution >= 0.6 is 0 Å². The Hall–Kier alpha value is -4.62. The van der Waals surface area contributed by atoms with Crippen molar-refractivity contribution in [2.24, 2.45) is 11.8 Å². The molecule has 3 aliphatic heterocycles. The summed E-state index contributed by atoms with van der Waals surface area (Å²) in [6.07, 6.45) is 3.52. The van der Waals surface area contributed by atoms with Crippen molar-refractivity contribution in [3.63, 3.8) is 0 Å². The van der Waals surface area contributed by atoms with E-state index < -0.39 is 11.4 Å². The van der Waals surface area contributed by atoms with Crippen molar-refractivity contribution < 1.29 is 14.3 Å². The number of carboxylic acid groups (broad SMARTS) is 1. The van der Waals surface area contributed by atoms with Crippen LogP contribution in [0, 0.1) is 23.2 Å². The standard InChI is InChI=1S/C31H30N6O4/c1-34-14-21-16-36(17-22(21)15-34)31-33-25-6-5-23(11-29(25)41-31)37-18-24(30(39)40)28(38)12-27(37)19-4-7-26(20(10-19)13-32)35-8-2-3-9-35/h4-7,10-12,18,21-22H,2-3,8-9,14-17H2,1H3,(H,39,40). The number of hydrogen-bond acceptors (Lipinski definition) is 8. The van der Waals surface area contributed by atoms with E-state index in [-0.39, 0.29) is 5.56 Å². The van der Waals surface area contributed by atoms with E-state index in [4.69, 9.17) is 9.40 Å². The predicted octanol–water partition coefficient (Wildman–Crippen LogP) is 3.81. The Kier molecular flexibility index (Phi) is 6.05. The van der Waals surface area contributed by atoms with Crippen LogP contribution in [0.15, 0.2) is 57.9 Å². The average Bonchev–Trinajstić information content (AvgIpc) is 3.76. The lowest BCUT2D eigenvalue weighted by atomic mass is 10.0. The molecule has 2 aromatic heterocycles. The number of fused-ring (bicyclic) bond motifs is 2. The van der Waals surface area contributed by atoms with Gasteiger partial charge in [-0.15, -0.1) is 0 Å². The molecule has 2 atom stereocenters. The summed E-state index contributed by atoms with van der Waals surface area (Å²) in [6.45, 7) is 5.80. The molecular formula is C31H30N6O4. The van der Waals surface area contributed by atoms with Crippen molar-refractivity contribution in [3.8, 4) is 23.0 Å². The number of carboxylic acids is 1. The molecule has 7 rings (SSSR count). The molecule has 10 nitrogen and oxygen atoms in total. The number of nitrogens with zero attached hydrogens (tertiary/aromatic N) is 6. The van der Waals surface area contributed by atoms with Crippen molar-refractivity contribution in [1.29, 1.82) is 5.26 Å². The van der Waals surface area contributed by atoms with Crippen molar-refractivity contribution in [3.05, 3.63) is 70.0 Å². The van der Waals surface area contributed by atoms with Gasteiger partial charge in [-0.25, -0.2) is 4.79 Å². The van der Waals surface area contributed by atoms with Gasteiger partial charge in [-0.05, 0) is 56.0 Å². The van der Waals surface area contributed by atoms with Gasteiger partial charge in [-0.2, -0.15) is 10.2 Å². The number of likely N-dealkylation sites (tertiary alicyclic amines) is 1. The van der Waals surface area contributed by atoms with Gasteiger partial charge in [0, 0.05) is 68.8 Å². The fourth-order valence-corrected chi connectivity index (χ4v) is 6.72. The second-order valence-electron chi connectivity index (χ2n) is 11.4. The molecule has 3 saturated heterocycles. The van der Waals surface area contributed by atoms with Crippen molar-refractivity contribution in [1.82, 2.24) is 14.5 Å². The Morgan fingerprint density at radius 2 is 1.78 bits per heavy atom. The van der Waals surface area contributed by atoms with E-state index in [0.717, 1.165) is 57.8 Å². The highest BCUT2D eigenvalue weighted by molar-refractivity contribution is 5.88. The van der Waals surface area contributed by atoms with Crippen LogP contribution in [0.5, 0.6) is 0 Å². The molecule has 3 fully saturated rings. The monoisotopic (exact) mass is 550 g/mol. The number of pyridine rings is 1. The van der Waals surface area contributed by atoms with Gasteiger partial charge in [0.25, 0.3) is 6.01 Å². The Balaban J connectivity index is 1.29. The topological polar surface area (TPSA) is 119 Å². The summed E-state index contributed by atoms with van der Waals surface area (Å²) in [5, 5.41) is 19.7. The highest BCUT2D eigenvalue weighted by atomic mass is 16.4. The smallest absolute Gasteiger partial charge is 0.341 e. The lowest BCUT2D eigenvalue weighted by Gasteiger charge is -2.20. The van der Waals surface area contributed by atoms with Crippen LogP contribution in [0.3, 0.4) is 0 Å². The predicted molar refractivity (Wildman–Crippen MR) is 155 cm³/mol. The van der Waals surface area contributed by atoms with E-state index in [1.807, 2.05) is 30.3 Å². The number of anilines is 2. The molecule has 1 N–H and O–H groups in total. The van der Waals surface area contributed by atoms with Crippen molar-refractivity contribution >= 4 is 28.8 Å². The van der Waals surface area contributed by atoms with Gasteiger partial charge >= 0.3 is 5.97 Å². The number of carbonyl (C=O) groups is 1. The SMILES string of the molecule is CN1CC2CN(c3nc4ccc(-n5cc(C(=O)O)c(=O)cc5-c5ccc(N6CCCC6)c(C#N)c5)cc4o3)CC2C1. The van der Waals surface area contributed by atoms with Crippen LogP contribution in [0.4, 0.5) is 11.7 Å². The maximum absolute atomic E-state index is 12.8. The van der Waals surface area contributed by atoms with Crippen LogP contribution in [0.25, 0.3) is 28.0 Å². The van der Waals surface area contributed by atoms with E-state index >= 15 is 0 Å². The van der Waals surface area contributed by atoms with Gasteiger partial charge in [0.2, 0.25) is 0 Å². The van der Waals surface area contributed by atoms with Gasteiger partial charge in [0.1, 0.15) is 17.1 Å². The lowest BCUT2D eigenvalue weighted by Crippen LogP contribution is -2.26. The summed E-state index contributed by atoms with van der Waals surface area (Å²) >= 11 is 0. The average molecular weight is 551 g/mol. The summed E-state index contributed by atoms with van der Waals surface area (Å²) in [4.78, 5) is 36.3. The fraction of sp³-hybridized carbons (Fsp3) is 0.355. The number of benzene rings is 2. The zero-order valence-corrected chi connectivity index (χ0v) is 22.8. The molecule has 0 amide bonds. The first-order valence-electron chi connectivity index (χ1n) is 14.0. The molecule has 208 valence electrons. The summed E-state index contributed by atoms with van der Waals surface area (Å²) in [6, 6.07) is 15.3. The first-order valence-corrected chi connectivity index (χ1v) is 14.0. The number of aromatic nitrogens is 2. The van der Waals surface area contributed by atoms with Crippen LogP contribution in [0.1, 0.15) is 28.8 Å². The Morgan fingerprint density at radius 3 is 2.49 bits per heavy atom. The maximum atomic E-state index is 12.8. The van der Waals surface area contributed by atoms with Gasteiger partial charge < -0.3 is 28.8 Å². The largest absolute Gasteiger partial charge is 0.477 e. The molecule has 0 radical (unpaired) electrons. The van der Waals surface area contributed by atoms with E-state index in [2.05, 4.69) is 27.8 Å². The Bertz CT molecular complexity index is 1770. The zero-order valence-electron chi connectivity index (χ0n) is 22.8. The van der Waals surface area contributed by atoms with Gasteiger partial charge in [-0.3, -0.25) is 4.79 Å². The fourth-order valence-electron chi connectivity index (χ4n) is 6.72. The number of hydrogen-bond donors (Lipinski definition) is 1. The van der Waals surface area contributed by atoms with Crippen LogP contribution < -0.4 is 15.2 Å². The first-order chi connectivity index (χ1) is 19.9. The minimum atomic E-state index is -1.30. The number of aromatic carboxylic acids is 1. The van der Waals surface area contributed by atoms with E-state index in [1.165, 1.54) is 12.3 Å². The molecule has 2 aromatic carbocycles. The van der Waals surface area contributed by atoms with Gasteiger partial charge in [0.15, 0.2) is 11.0 Å². The molecule has 41 heavy (non-hydrogen) atoms. The van der Waals surface area contributed by atoms with Crippen LogP contribution in [-0.4, -0.2) is 71.8 Å². The highest BCUT2D eigenvalue weighted by Gasteiger charge is 2.40. The number of oxazole rings is 1. The molecule has 2 unspecified atom stereocenters. The minimum Gasteiger partial charge on any atom is -0.477 e. The lowest BCUT2D eigenvalue weighted by molar-refractivity contribution is 0.0695. The van der Waals surface area contributed by atoms with E-state index in [1.54, 1.807) is 10.6 Å². The van der Waals surface area contributed by atoms with E-state index in [9.17, 15) is 20.0 Å². The zero-order chi connectivity index (χ0) is 28.2. The van der Waals surface area contributed by atoms with Crippen molar-refractivity contribution in [2.45, 2.75) is 12.8 Å². The quantitative estimate of drug-likeness (QED) is 0.396. The maximum Gasteiger partial charge on any atom is 0.341 e. The molecule has 10 heteroatoms. The third-order valence-electron chi connectivity index (χ3n) is 8.72. The number of rotatable bonds is 5. The molecule has 0 aliphatic carbocycles. The molecule has 3 aliphatic rings. The third-order valence-corrected chi connectivity index (χ3v) is 8.72. The van der Waals surface area contributed by atoms with Gasteiger partial charge in [0.05, 0.1) is 16.9 Å². The normalized spacial score (nSPS) is 20.6. The third kappa shape index (κ3) is 4.43. The summed E-state index contributed by atoms with van der Waals surface area (Å²) in [7, 11) is 2.16. The number of nitriles is 1. The van der Waals surface area contributed by atoms with Gasteiger partial charge in [-0.1, -0.05) is 6.07 Å². The van der Waals surface area contributed by atoms with Crippen LogP contribution in [0.2, 0.25) is 0 Å². The Morgan fingerprint density at radius 1 is 1.02 bits per heavy atom. The highest BCUT2D eigenvalue weighted by Crippen LogP contribution is 2.35. The second kappa shape index (κ2) is 9.78. The van der Waals surface area contributed by atoms with Crippen LogP contribution in [-0.2, 0) is 0 Å². The molecule has 5 heterocycles.